The summed E-state index contributed by atoms with van der Waals surface area (Å²) < 4.78 is 0. The molecule has 2 rings (SSSR count). The fourth-order valence-corrected chi connectivity index (χ4v) is 1.63. The Morgan fingerprint density at radius 1 is 1.43 bits per heavy atom. The third-order valence-corrected chi connectivity index (χ3v) is 2.40. The molecule has 0 spiro atoms. The predicted octanol–water partition coefficient (Wildman–Crippen LogP) is -0.854. The number of fused-ring (bicyclic) bond motifs is 1. The highest BCUT2D eigenvalue weighted by Crippen LogP contribution is 2.07. The summed E-state index contributed by atoms with van der Waals surface area (Å²) >= 11 is 0. The average Bonchev–Trinajstić information content (AvgIpc) is 2.16. The molecular formula is C11H9BO2. The molecule has 3 heteroatoms. The van der Waals surface area contributed by atoms with Crippen molar-refractivity contribution in [1.29, 1.82) is 0 Å². The minimum Gasteiger partial charge on any atom is -0.481 e. The van der Waals surface area contributed by atoms with Crippen LogP contribution < -0.4 is 15.9 Å². The molecule has 1 aliphatic rings. The zero-order chi connectivity index (χ0) is 10.1. The Morgan fingerprint density at radius 3 is 2.93 bits per heavy atom. The van der Waals surface area contributed by atoms with Crippen LogP contribution in [0.3, 0.4) is 0 Å². The predicted molar refractivity (Wildman–Crippen MR) is 55.8 cm³/mol. The van der Waals surface area contributed by atoms with E-state index in [1.807, 2.05) is 18.2 Å². The van der Waals surface area contributed by atoms with Crippen LogP contribution >= 0.6 is 0 Å². The average molecular weight is 184 g/mol. The highest BCUT2D eigenvalue weighted by Gasteiger charge is 2.14. The van der Waals surface area contributed by atoms with Crippen LogP contribution in [-0.2, 0) is 4.79 Å². The number of carbonyl (C=O) groups is 1. The van der Waals surface area contributed by atoms with Crippen molar-refractivity contribution in [3.05, 3.63) is 28.6 Å². The summed E-state index contributed by atoms with van der Waals surface area (Å²) in [7, 11) is 5.63. The van der Waals surface area contributed by atoms with E-state index in [4.69, 9.17) is 13.0 Å². The minimum absolute atomic E-state index is 0.397. The summed E-state index contributed by atoms with van der Waals surface area (Å²) in [6.07, 6.45) is 4.24. The summed E-state index contributed by atoms with van der Waals surface area (Å²) in [6.45, 7) is 0. The minimum atomic E-state index is -0.774. The Labute approximate surface area is 83.0 Å². The molecule has 1 atom stereocenters. The van der Waals surface area contributed by atoms with Gasteiger partial charge in [-0.3, -0.25) is 4.79 Å². The van der Waals surface area contributed by atoms with E-state index in [0.29, 0.717) is 11.9 Å². The molecule has 1 aromatic carbocycles. The number of hydrogen-bond donors (Lipinski definition) is 1. The SMILES string of the molecule is [B]c1ccc2c(c1)=CCC(C(=O)O)C=2. The van der Waals surface area contributed by atoms with Crippen molar-refractivity contribution in [2.45, 2.75) is 6.42 Å². The lowest BCUT2D eigenvalue weighted by molar-refractivity contribution is -0.139. The Hall–Kier alpha value is -1.51. The van der Waals surface area contributed by atoms with Crippen LogP contribution in [0.4, 0.5) is 0 Å². The first kappa shape index (κ1) is 9.07. The zero-order valence-electron chi connectivity index (χ0n) is 7.60. The van der Waals surface area contributed by atoms with Gasteiger partial charge in [-0.1, -0.05) is 35.8 Å². The second-order valence-corrected chi connectivity index (χ2v) is 3.44. The van der Waals surface area contributed by atoms with Crippen LogP contribution in [0.1, 0.15) is 6.42 Å². The van der Waals surface area contributed by atoms with Gasteiger partial charge in [0.25, 0.3) is 0 Å². The van der Waals surface area contributed by atoms with Crippen molar-refractivity contribution >= 4 is 31.4 Å². The largest absolute Gasteiger partial charge is 0.481 e. The Morgan fingerprint density at radius 2 is 2.21 bits per heavy atom. The Kier molecular flexibility index (Phi) is 2.16. The molecule has 0 aromatic heterocycles. The first-order chi connectivity index (χ1) is 6.66. The van der Waals surface area contributed by atoms with E-state index in [-0.39, 0.29) is 0 Å². The van der Waals surface area contributed by atoms with Crippen molar-refractivity contribution in [1.82, 2.24) is 0 Å². The lowest BCUT2D eigenvalue weighted by atomic mass is 9.91. The van der Waals surface area contributed by atoms with Gasteiger partial charge < -0.3 is 5.11 Å². The van der Waals surface area contributed by atoms with Gasteiger partial charge in [0, 0.05) is 0 Å². The van der Waals surface area contributed by atoms with Gasteiger partial charge in [0.2, 0.25) is 0 Å². The molecule has 1 aromatic rings. The van der Waals surface area contributed by atoms with Gasteiger partial charge in [-0.2, -0.15) is 0 Å². The van der Waals surface area contributed by atoms with Crippen molar-refractivity contribution in [2.24, 2.45) is 5.92 Å². The second kappa shape index (κ2) is 3.33. The van der Waals surface area contributed by atoms with Gasteiger partial charge >= 0.3 is 5.97 Å². The van der Waals surface area contributed by atoms with E-state index in [9.17, 15) is 4.79 Å². The molecule has 0 bridgehead atoms. The van der Waals surface area contributed by atoms with Crippen LogP contribution in [0.5, 0.6) is 0 Å². The number of carboxylic acid groups (broad SMARTS) is 1. The van der Waals surface area contributed by atoms with Gasteiger partial charge in [0.05, 0.1) is 5.92 Å². The summed E-state index contributed by atoms with van der Waals surface area (Å²) in [6, 6.07) is 5.51. The number of carboxylic acids is 1. The molecule has 2 nitrogen and oxygen atoms in total. The van der Waals surface area contributed by atoms with Crippen LogP contribution in [0.2, 0.25) is 0 Å². The molecule has 14 heavy (non-hydrogen) atoms. The monoisotopic (exact) mass is 184 g/mol. The smallest absolute Gasteiger partial charge is 0.310 e. The van der Waals surface area contributed by atoms with Crippen LogP contribution in [0, 0.1) is 5.92 Å². The number of rotatable bonds is 1. The van der Waals surface area contributed by atoms with Crippen molar-refractivity contribution in [2.75, 3.05) is 0 Å². The van der Waals surface area contributed by atoms with Gasteiger partial charge in [-0.15, -0.1) is 0 Å². The Bertz CT molecular complexity index is 490. The third-order valence-electron chi connectivity index (χ3n) is 2.40. The Balaban J connectivity index is 2.56. The molecule has 0 saturated heterocycles. The van der Waals surface area contributed by atoms with Crippen molar-refractivity contribution in [3.63, 3.8) is 0 Å². The van der Waals surface area contributed by atoms with E-state index in [1.54, 1.807) is 12.1 Å². The quantitative estimate of drug-likeness (QED) is 0.577. The maximum Gasteiger partial charge on any atom is 0.310 e. The number of hydrogen-bond acceptors (Lipinski definition) is 1. The molecule has 0 heterocycles. The first-order valence-corrected chi connectivity index (χ1v) is 4.47. The molecule has 68 valence electrons. The van der Waals surface area contributed by atoms with Crippen molar-refractivity contribution < 1.29 is 9.90 Å². The van der Waals surface area contributed by atoms with E-state index >= 15 is 0 Å². The zero-order valence-corrected chi connectivity index (χ0v) is 7.60. The topological polar surface area (TPSA) is 37.3 Å². The van der Waals surface area contributed by atoms with Gasteiger partial charge in [0.1, 0.15) is 7.85 Å². The lowest BCUT2D eigenvalue weighted by Crippen LogP contribution is -2.33. The molecule has 0 amide bonds. The summed E-state index contributed by atoms with van der Waals surface area (Å²) in [5.41, 5.74) is 0.710. The fourth-order valence-electron chi connectivity index (χ4n) is 1.63. The lowest BCUT2D eigenvalue weighted by Gasteiger charge is -2.08. The molecule has 0 fully saturated rings. The van der Waals surface area contributed by atoms with E-state index in [1.165, 1.54) is 0 Å². The molecule has 0 aliphatic heterocycles. The molecule has 0 saturated carbocycles. The number of benzene rings is 1. The maximum atomic E-state index is 10.8. The van der Waals surface area contributed by atoms with E-state index in [0.717, 1.165) is 10.4 Å². The molecule has 1 unspecified atom stereocenters. The highest BCUT2D eigenvalue weighted by molar-refractivity contribution is 6.32. The van der Waals surface area contributed by atoms with Crippen molar-refractivity contribution in [3.8, 4) is 0 Å². The van der Waals surface area contributed by atoms with Gasteiger partial charge in [-0.25, -0.2) is 0 Å². The normalized spacial score (nSPS) is 19.0. The summed E-state index contributed by atoms with van der Waals surface area (Å²) in [4.78, 5) is 10.8. The second-order valence-electron chi connectivity index (χ2n) is 3.44. The molecule has 1 aliphatic carbocycles. The fraction of sp³-hybridized carbons (Fsp3) is 0.182. The van der Waals surface area contributed by atoms with E-state index in [2.05, 4.69) is 0 Å². The van der Waals surface area contributed by atoms with E-state index < -0.39 is 11.9 Å². The summed E-state index contributed by atoms with van der Waals surface area (Å²) in [5.74, 6) is -1.17. The first-order valence-electron chi connectivity index (χ1n) is 4.47. The van der Waals surface area contributed by atoms with Gasteiger partial charge in [-0.05, 0) is 16.9 Å². The number of aliphatic carboxylic acids is 1. The van der Waals surface area contributed by atoms with Crippen LogP contribution in [0.25, 0.3) is 12.2 Å². The third kappa shape index (κ3) is 1.58. The van der Waals surface area contributed by atoms with Crippen LogP contribution in [-0.4, -0.2) is 18.9 Å². The summed E-state index contributed by atoms with van der Waals surface area (Å²) in [5, 5.41) is 10.8. The molecule has 1 N–H and O–H groups in total. The van der Waals surface area contributed by atoms with Gasteiger partial charge in [0.15, 0.2) is 0 Å². The maximum absolute atomic E-state index is 10.8. The molecular weight excluding hydrogens is 175 g/mol. The standard InChI is InChI=1S/C11H9BO2/c12-10-4-3-7-5-9(11(13)14)2-1-8(7)6-10/h1,3-6,9H,2H2,(H,13,14). The highest BCUT2D eigenvalue weighted by atomic mass is 16.4. The van der Waals surface area contributed by atoms with Crippen LogP contribution in [0.15, 0.2) is 18.2 Å². The molecule has 2 radical (unpaired) electrons.